The fourth-order valence-electron chi connectivity index (χ4n) is 2.87. The maximum atomic E-state index is 12.5. The van der Waals surface area contributed by atoms with Gasteiger partial charge in [0.2, 0.25) is 15.9 Å². The van der Waals surface area contributed by atoms with Crippen molar-refractivity contribution in [1.82, 2.24) is 19.0 Å². The molecule has 2 rings (SSSR count). The molecule has 2 amide bonds. The van der Waals surface area contributed by atoms with E-state index in [4.69, 9.17) is 0 Å². The fraction of sp³-hybridized carbons (Fsp3) is 0.667. The van der Waals surface area contributed by atoms with Gasteiger partial charge in [-0.25, -0.2) is 8.42 Å². The Morgan fingerprint density at radius 2 is 1.48 bits per heavy atom. The van der Waals surface area contributed by atoms with Crippen LogP contribution in [-0.2, 0) is 19.6 Å². The summed E-state index contributed by atoms with van der Waals surface area (Å²) in [4.78, 5) is 28.9. The zero-order chi connectivity index (χ0) is 18.6. The number of carbonyl (C=O) groups is 2. The highest BCUT2D eigenvalue weighted by molar-refractivity contribution is 7.88. The normalized spacial score (nSPS) is 20.4. The van der Waals surface area contributed by atoms with Crippen molar-refractivity contribution in [3.8, 4) is 6.07 Å². The largest absolute Gasteiger partial charge is 0.373 e. The predicted molar refractivity (Wildman–Crippen MR) is 90.5 cm³/mol. The molecule has 2 aliphatic heterocycles. The quantitative estimate of drug-likeness (QED) is 0.450. The first kappa shape index (κ1) is 19.2. The lowest BCUT2D eigenvalue weighted by atomic mass is 10.2. The first-order valence-electron chi connectivity index (χ1n) is 8.08. The minimum absolute atomic E-state index is 0.0214. The molecular formula is C15H23N5O4S. The number of amides is 2. The van der Waals surface area contributed by atoms with Crippen molar-refractivity contribution in [1.29, 1.82) is 5.26 Å². The van der Waals surface area contributed by atoms with Crippen molar-refractivity contribution >= 4 is 21.8 Å². The first-order chi connectivity index (χ1) is 11.7. The Hall–Kier alpha value is -2.12. The van der Waals surface area contributed by atoms with Crippen molar-refractivity contribution in [2.75, 3.05) is 58.6 Å². The van der Waals surface area contributed by atoms with Gasteiger partial charge in [0.05, 0.1) is 6.26 Å². The third-order valence-corrected chi connectivity index (χ3v) is 5.72. The number of sulfonamides is 1. The van der Waals surface area contributed by atoms with Crippen LogP contribution in [0.4, 0.5) is 0 Å². The monoisotopic (exact) mass is 369 g/mol. The number of piperazine rings is 2. The topological polar surface area (TPSA) is 105 Å². The van der Waals surface area contributed by atoms with E-state index in [1.807, 2.05) is 6.07 Å². The van der Waals surface area contributed by atoms with E-state index < -0.39 is 10.0 Å². The summed E-state index contributed by atoms with van der Waals surface area (Å²) in [6.07, 6.45) is 2.68. The molecule has 0 aromatic carbocycles. The third-order valence-electron chi connectivity index (χ3n) is 4.42. The summed E-state index contributed by atoms with van der Waals surface area (Å²) < 4.78 is 24.4. The summed E-state index contributed by atoms with van der Waals surface area (Å²) in [7, 11) is -3.22. The lowest BCUT2D eigenvalue weighted by molar-refractivity contribution is -0.136. The SMILES string of the molecule is CC(=O)N1CCN(C(=O)/C(C#N)=C\N2CCN(S(C)(=O)=O)CC2)CC1. The molecule has 2 fully saturated rings. The highest BCUT2D eigenvalue weighted by atomic mass is 32.2. The molecule has 0 atom stereocenters. The molecule has 25 heavy (non-hydrogen) atoms. The van der Waals surface area contributed by atoms with Gasteiger partial charge in [-0.05, 0) is 0 Å². The van der Waals surface area contributed by atoms with E-state index in [2.05, 4.69) is 0 Å². The average Bonchev–Trinajstić information content (AvgIpc) is 2.58. The molecule has 10 heteroatoms. The second kappa shape index (κ2) is 7.84. The van der Waals surface area contributed by atoms with Crippen LogP contribution in [0.5, 0.6) is 0 Å². The van der Waals surface area contributed by atoms with E-state index in [0.717, 1.165) is 0 Å². The third kappa shape index (κ3) is 4.93. The molecule has 0 saturated carbocycles. The van der Waals surface area contributed by atoms with Gasteiger partial charge in [-0.3, -0.25) is 9.59 Å². The summed E-state index contributed by atoms with van der Waals surface area (Å²) >= 11 is 0. The molecule has 0 spiro atoms. The van der Waals surface area contributed by atoms with Crippen molar-refractivity contribution in [3.05, 3.63) is 11.8 Å². The van der Waals surface area contributed by atoms with Gasteiger partial charge in [-0.1, -0.05) is 0 Å². The highest BCUT2D eigenvalue weighted by Crippen LogP contribution is 2.11. The van der Waals surface area contributed by atoms with Gasteiger partial charge >= 0.3 is 0 Å². The van der Waals surface area contributed by atoms with Crippen LogP contribution >= 0.6 is 0 Å². The molecule has 0 aromatic rings. The van der Waals surface area contributed by atoms with Crippen molar-refractivity contribution < 1.29 is 18.0 Å². The second-order valence-corrected chi connectivity index (χ2v) is 8.13. The zero-order valence-electron chi connectivity index (χ0n) is 14.5. The Kier molecular flexibility index (Phi) is 6.02. The van der Waals surface area contributed by atoms with Crippen molar-refractivity contribution in [3.63, 3.8) is 0 Å². The molecule has 0 bridgehead atoms. The first-order valence-corrected chi connectivity index (χ1v) is 9.93. The number of hydrogen-bond acceptors (Lipinski definition) is 6. The molecular weight excluding hydrogens is 346 g/mol. The summed E-state index contributed by atoms with van der Waals surface area (Å²) in [6.45, 7) is 4.76. The molecule has 0 aromatic heterocycles. The smallest absolute Gasteiger partial charge is 0.266 e. The van der Waals surface area contributed by atoms with Crippen molar-refractivity contribution in [2.45, 2.75) is 6.92 Å². The van der Waals surface area contributed by atoms with Gasteiger partial charge in [0.25, 0.3) is 5.91 Å². The Balaban J connectivity index is 1.96. The zero-order valence-corrected chi connectivity index (χ0v) is 15.3. The minimum atomic E-state index is -3.22. The molecule has 2 saturated heterocycles. The molecule has 138 valence electrons. The predicted octanol–water partition coefficient (Wildman–Crippen LogP) is -1.34. The number of rotatable bonds is 3. The molecule has 9 nitrogen and oxygen atoms in total. The van der Waals surface area contributed by atoms with Crippen LogP contribution in [-0.4, -0.2) is 97.9 Å². The van der Waals surface area contributed by atoms with E-state index in [0.29, 0.717) is 52.4 Å². The van der Waals surface area contributed by atoms with Crippen LogP contribution in [0.3, 0.4) is 0 Å². The van der Waals surface area contributed by atoms with Crippen molar-refractivity contribution in [2.24, 2.45) is 0 Å². The number of nitrogens with zero attached hydrogens (tertiary/aromatic N) is 5. The van der Waals surface area contributed by atoms with Gasteiger partial charge in [0, 0.05) is 65.5 Å². The molecule has 2 heterocycles. The molecule has 0 radical (unpaired) electrons. The van der Waals surface area contributed by atoms with E-state index in [9.17, 15) is 23.3 Å². The number of hydrogen-bond donors (Lipinski definition) is 0. The summed E-state index contributed by atoms with van der Waals surface area (Å²) in [5, 5.41) is 9.32. The minimum Gasteiger partial charge on any atom is -0.373 e. The lowest BCUT2D eigenvalue weighted by Gasteiger charge is -2.35. The van der Waals surface area contributed by atoms with Gasteiger partial charge in [0.1, 0.15) is 11.6 Å². The Labute approximate surface area is 148 Å². The van der Waals surface area contributed by atoms with Crippen LogP contribution in [0.1, 0.15) is 6.92 Å². The highest BCUT2D eigenvalue weighted by Gasteiger charge is 2.26. The fourth-order valence-corrected chi connectivity index (χ4v) is 3.70. The number of carbonyl (C=O) groups excluding carboxylic acids is 2. The Morgan fingerprint density at radius 3 is 1.92 bits per heavy atom. The molecule has 2 aliphatic rings. The van der Waals surface area contributed by atoms with E-state index in [-0.39, 0.29) is 17.4 Å². The van der Waals surface area contributed by atoms with Crippen LogP contribution < -0.4 is 0 Å². The molecule has 0 aliphatic carbocycles. The Morgan fingerprint density at radius 1 is 0.960 bits per heavy atom. The second-order valence-electron chi connectivity index (χ2n) is 6.15. The summed E-state index contributed by atoms with van der Waals surface area (Å²) in [5.41, 5.74) is 0.0316. The van der Waals surface area contributed by atoms with Crippen LogP contribution in [0.2, 0.25) is 0 Å². The van der Waals surface area contributed by atoms with Crippen LogP contribution in [0.25, 0.3) is 0 Å². The van der Waals surface area contributed by atoms with Crippen LogP contribution in [0.15, 0.2) is 11.8 Å². The van der Waals surface area contributed by atoms with E-state index in [1.54, 1.807) is 14.7 Å². The van der Waals surface area contributed by atoms with Gasteiger partial charge in [-0.2, -0.15) is 9.57 Å². The Bertz CT molecular complexity index is 696. The van der Waals surface area contributed by atoms with Gasteiger partial charge in [-0.15, -0.1) is 0 Å². The standard InChI is InChI=1S/C15H23N5O4S/c1-13(21)18-5-7-19(8-6-18)15(22)14(11-16)12-17-3-9-20(10-4-17)25(2,23)24/h12H,3-10H2,1-2H3/b14-12-. The molecule has 0 unspecified atom stereocenters. The molecule has 0 N–H and O–H groups in total. The van der Waals surface area contributed by atoms with E-state index >= 15 is 0 Å². The summed E-state index contributed by atoms with van der Waals surface area (Å²) in [5.74, 6) is -0.372. The van der Waals surface area contributed by atoms with E-state index in [1.165, 1.54) is 23.7 Å². The maximum absolute atomic E-state index is 12.5. The van der Waals surface area contributed by atoms with Crippen LogP contribution in [0, 0.1) is 11.3 Å². The van der Waals surface area contributed by atoms with Gasteiger partial charge < -0.3 is 14.7 Å². The average molecular weight is 369 g/mol. The van der Waals surface area contributed by atoms with Gasteiger partial charge in [0.15, 0.2) is 0 Å². The summed E-state index contributed by atoms with van der Waals surface area (Å²) in [6, 6.07) is 1.94. The number of nitriles is 1. The maximum Gasteiger partial charge on any atom is 0.266 e. The lowest BCUT2D eigenvalue weighted by Crippen LogP contribution is -2.50.